The van der Waals surface area contributed by atoms with Gasteiger partial charge in [-0.05, 0) is 24.3 Å². The Morgan fingerprint density at radius 1 is 1.14 bits per heavy atom. The van der Waals surface area contributed by atoms with Gasteiger partial charge >= 0.3 is 5.97 Å². The summed E-state index contributed by atoms with van der Waals surface area (Å²) < 4.78 is 31.4. The van der Waals surface area contributed by atoms with Crippen LogP contribution in [0.3, 0.4) is 0 Å². The van der Waals surface area contributed by atoms with Crippen molar-refractivity contribution >= 4 is 17.7 Å². The third kappa shape index (κ3) is 3.19. The molecule has 0 saturated heterocycles. The first-order valence-electron chi connectivity index (χ1n) is 5.82. The van der Waals surface area contributed by atoms with Crippen molar-refractivity contribution in [3.8, 4) is 0 Å². The standard InChI is InChI=1S/C14H10F2N2O3/c1-21-14(20)8-5-6-11(17-7-8)18-13(19)12-9(15)3-2-4-10(12)16/h2-7H,1H3,(H,17,18,19). The summed E-state index contributed by atoms with van der Waals surface area (Å²) in [5, 5.41) is 2.24. The van der Waals surface area contributed by atoms with Crippen molar-refractivity contribution in [2.45, 2.75) is 0 Å². The minimum absolute atomic E-state index is 0.0512. The zero-order chi connectivity index (χ0) is 15.4. The van der Waals surface area contributed by atoms with Gasteiger partial charge in [0.15, 0.2) is 0 Å². The molecule has 1 aromatic heterocycles. The van der Waals surface area contributed by atoms with Crippen LogP contribution in [0.25, 0.3) is 0 Å². The molecule has 0 aliphatic heterocycles. The number of pyridine rings is 1. The molecule has 0 fully saturated rings. The summed E-state index contributed by atoms with van der Waals surface area (Å²) in [5.41, 5.74) is -0.510. The quantitative estimate of drug-likeness (QED) is 0.882. The number of ether oxygens (including phenoxy) is 1. The molecule has 2 aromatic rings. The predicted octanol–water partition coefficient (Wildman–Crippen LogP) is 2.40. The maximum Gasteiger partial charge on any atom is 0.339 e. The highest BCUT2D eigenvalue weighted by Crippen LogP contribution is 2.14. The van der Waals surface area contributed by atoms with Gasteiger partial charge in [0.05, 0.1) is 12.7 Å². The highest BCUT2D eigenvalue weighted by atomic mass is 19.1. The van der Waals surface area contributed by atoms with E-state index in [1.165, 1.54) is 25.4 Å². The summed E-state index contributed by atoms with van der Waals surface area (Å²) in [5.74, 6) is -3.45. The first-order valence-corrected chi connectivity index (χ1v) is 5.82. The van der Waals surface area contributed by atoms with Gasteiger partial charge in [0.2, 0.25) is 0 Å². The molecular formula is C14H10F2N2O3. The fraction of sp³-hybridized carbons (Fsp3) is 0.0714. The molecule has 1 aromatic carbocycles. The molecule has 0 atom stereocenters. The SMILES string of the molecule is COC(=O)c1ccc(NC(=O)c2c(F)cccc2F)nc1. The van der Waals surface area contributed by atoms with Crippen molar-refractivity contribution in [2.24, 2.45) is 0 Å². The zero-order valence-corrected chi connectivity index (χ0v) is 10.9. The number of nitrogens with one attached hydrogen (secondary N) is 1. The Hall–Kier alpha value is -2.83. The van der Waals surface area contributed by atoms with Crippen molar-refractivity contribution in [3.63, 3.8) is 0 Å². The Morgan fingerprint density at radius 3 is 2.33 bits per heavy atom. The van der Waals surface area contributed by atoms with Crippen LogP contribution in [0.5, 0.6) is 0 Å². The Balaban J connectivity index is 2.18. The smallest absolute Gasteiger partial charge is 0.339 e. The molecule has 0 radical (unpaired) electrons. The van der Waals surface area contributed by atoms with Gasteiger partial charge in [-0.1, -0.05) is 6.07 Å². The fourth-order valence-electron chi connectivity index (χ4n) is 1.60. The van der Waals surface area contributed by atoms with Gasteiger partial charge in [-0.25, -0.2) is 18.6 Å². The second-order valence-electron chi connectivity index (χ2n) is 3.97. The summed E-state index contributed by atoms with van der Waals surface area (Å²) in [6.45, 7) is 0. The zero-order valence-electron chi connectivity index (χ0n) is 10.9. The average Bonchev–Trinajstić information content (AvgIpc) is 2.47. The highest BCUT2D eigenvalue weighted by molar-refractivity contribution is 6.04. The van der Waals surface area contributed by atoms with E-state index in [0.717, 1.165) is 18.2 Å². The van der Waals surface area contributed by atoms with Gasteiger partial charge in [-0.3, -0.25) is 4.79 Å². The number of halogens is 2. The first kappa shape index (κ1) is 14.6. The molecule has 21 heavy (non-hydrogen) atoms. The molecule has 0 unspecified atom stereocenters. The number of nitrogens with zero attached hydrogens (tertiary/aromatic N) is 1. The summed E-state index contributed by atoms with van der Waals surface area (Å²) in [6.07, 6.45) is 1.18. The summed E-state index contributed by atoms with van der Waals surface area (Å²) in [6, 6.07) is 5.80. The number of hydrogen-bond acceptors (Lipinski definition) is 4. The van der Waals surface area contributed by atoms with E-state index < -0.39 is 29.1 Å². The van der Waals surface area contributed by atoms with E-state index in [2.05, 4.69) is 15.0 Å². The highest BCUT2D eigenvalue weighted by Gasteiger charge is 2.17. The maximum atomic E-state index is 13.4. The van der Waals surface area contributed by atoms with Gasteiger partial charge in [0.1, 0.15) is 23.0 Å². The van der Waals surface area contributed by atoms with Crippen LogP contribution in [0.2, 0.25) is 0 Å². The van der Waals surface area contributed by atoms with Crippen LogP contribution in [-0.2, 0) is 4.74 Å². The van der Waals surface area contributed by atoms with Crippen molar-refractivity contribution < 1.29 is 23.1 Å². The van der Waals surface area contributed by atoms with Crippen LogP contribution in [0, 0.1) is 11.6 Å². The van der Waals surface area contributed by atoms with Crippen LogP contribution in [0.15, 0.2) is 36.5 Å². The fourth-order valence-corrected chi connectivity index (χ4v) is 1.60. The summed E-state index contributed by atoms with van der Waals surface area (Å²) in [4.78, 5) is 26.8. The van der Waals surface area contributed by atoms with Gasteiger partial charge in [-0.2, -0.15) is 0 Å². The number of anilines is 1. The first-order chi connectivity index (χ1) is 10.0. The average molecular weight is 292 g/mol. The summed E-state index contributed by atoms with van der Waals surface area (Å²) in [7, 11) is 1.22. The lowest BCUT2D eigenvalue weighted by Crippen LogP contribution is -2.16. The van der Waals surface area contributed by atoms with E-state index in [1.54, 1.807) is 0 Å². The number of rotatable bonds is 3. The Morgan fingerprint density at radius 2 is 1.81 bits per heavy atom. The van der Waals surface area contributed by atoms with Crippen molar-refractivity contribution in [3.05, 3.63) is 59.3 Å². The molecule has 5 nitrogen and oxygen atoms in total. The van der Waals surface area contributed by atoms with Crippen LogP contribution in [-0.4, -0.2) is 24.0 Å². The van der Waals surface area contributed by atoms with Gasteiger partial charge in [-0.15, -0.1) is 0 Å². The van der Waals surface area contributed by atoms with E-state index in [0.29, 0.717) is 0 Å². The van der Waals surface area contributed by atoms with E-state index >= 15 is 0 Å². The molecule has 2 rings (SSSR count). The monoisotopic (exact) mass is 292 g/mol. The van der Waals surface area contributed by atoms with Crippen LogP contribution in [0.4, 0.5) is 14.6 Å². The van der Waals surface area contributed by atoms with Crippen LogP contribution in [0.1, 0.15) is 20.7 Å². The van der Waals surface area contributed by atoms with Crippen molar-refractivity contribution in [1.29, 1.82) is 0 Å². The minimum Gasteiger partial charge on any atom is -0.465 e. The van der Waals surface area contributed by atoms with Crippen molar-refractivity contribution in [2.75, 3.05) is 12.4 Å². The Kier molecular flexibility index (Phi) is 4.22. The molecule has 1 amide bonds. The minimum atomic E-state index is -0.973. The van der Waals surface area contributed by atoms with Gasteiger partial charge in [0, 0.05) is 6.20 Å². The molecule has 108 valence electrons. The van der Waals surface area contributed by atoms with E-state index in [1.807, 2.05) is 0 Å². The van der Waals surface area contributed by atoms with Crippen LogP contribution < -0.4 is 5.32 Å². The number of hydrogen-bond donors (Lipinski definition) is 1. The molecule has 0 saturated carbocycles. The Labute approximate surface area is 118 Å². The third-order valence-electron chi connectivity index (χ3n) is 2.62. The van der Waals surface area contributed by atoms with Crippen LogP contribution >= 0.6 is 0 Å². The third-order valence-corrected chi connectivity index (χ3v) is 2.62. The lowest BCUT2D eigenvalue weighted by atomic mass is 10.2. The number of carbonyl (C=O) groups is 2. The molecule has 1 N–H and O–H groups in total. The lowest BCUT2D eigenvalue weighted by Gasteiger charge is -2.06. The number of amides is 1. The van der Waals surface area contributed by atoms with E-state index in [-0.39, 0.29) is 11.4 Å². The number of esters is 1. The molecular weight excluding hydrogens is 282 g/mol. The molecule has 0 aliphatic carbocycles. The number of benzene rings is 1. The molecule has 0 bridgehead atoms. The molecule has 0 spiro atoms. The van der Waals surface area contributed by atoms with E-state index in [9.17, 15) is 18.4 Å². The maximum absolute atomic E-state index is 13.4. The largest absolute Gasteiger partial charge is 0.465 e. The topological polar surface area (TPSA) is 68.3 Å². The molecule has 1 heterocycles. The second kappa shape index (κ2) is 6.08. The van der Waals surface area contributed by atoms with E-state index in [4.69, 9.17) is 0 Å². The predicted molar refractivity (Wildman–Crippen MR) is 69.9 cm³/mol. The normalized spacial score (nSPS) is 10.0. The van der Waals surface area contributed by atoms with Gasteiger partial charge in [0.25, 0.3) is 5.91 Å². The Bertz CT molecular complexity index is 667. The molecule has 7 heteroatoms. The molecule has 0 aliphatic rings. The van der Waals surface area contributed by atoms with Gasteiger partial charge < -0.3 is 10.1 Å². The number of aromatic nitrogens is 1. The second-order valence-corrected chi connectivity index (χ2v) is 3.97. The van der Waals surface area contributed by atoms with Crippen molar-refractivity contribution in [1.82, 2.24) is 4.98 Å². The number of methoxy groups -OCH3 is 1. The summed E-state index contributed by atoms with van der Waals surface area (Å²) >= 11 is 0. The lowest BCUT2D eigenvalue weighted by molar-refractivity contribution is 0.0600. The number of carbonyl (C=O) groups excluding carboxylic acids is 2.